The fourth-order valence-electron chi connectivity index (χ4n) is 1.45. The molecule has 0 saturated carbocycles. The maximum atomic E-state index is 12.1. The van der Waals surface area contributed by atoms with Crippen LogP contribution in [0, 0.1) is 11.3 Å². The number of carbonyl (C=O) groups is 1. The molecule has 1 aromatic carbocycles. The Labute approximate surface area is 111 Å². The van der Waals surface area contributed by atoms with E-state index in [1.54, 1.807) is 0 Å². The smallest absolute Gasteiger partial charge is 0.387 e. The monoisotopic (exact) mass is 317 g/mol. The summed E-state index contributed by atoms with van der Waals surface area (Å²) in [6, 6.07) is 6.16. The van der Waals surface area contributed by atoms with Gasteiger partial charge in [-0.1, -0.05) is 22.0 Å². The second-order valence-electron chi connectivity index (χ2n) is 3.55. The van der Waals surface area contributed by atoms with Gasteiger partial charge in [-0.15, -0.1) is 0 Å². The van der Waals surface area contributed by atoms with Crippen LogP contribution in [-0.4, -0.2) is 12.4 Å². The van der Waals surface area contributed by atoms with Crippen molar-refractivity contribution in [1.29, 1.82) is 5.26 Å². The average Bonchev–Trinajstić information content (AvgIpc) is 2.29. The minimum Gasteiger partial charge on any atom is -0.435 e. The number of hydrogen-bond donors (Lipinski definition) is 0. The maximum absolute atomic E-state index is 12.1. The van der Waals surface area contributed by atoms with Crippen molar-refractivity contribution in [2.75, 3.05) is 0 Å². The summed E-state index contributed by atoms with van der Waals surface area (Å²) in [6.45, 7) is -1.55. The fraction of sp³-hybridized carbons (Fsp3) is 0.333. The van der Waals surface area contributed by atoms with E-state index < -0.39 is 11.4 Å². The van der Waals surface area contributed by atoms with Crippen LogP contribution in [0.1, 0.15) is 22.9 Å². The van der Waals surface area contributed by atoms with Crippen molar-refractivity contribution in [2.45, 2.75) is 24.8 Å². The SMILES string of the molecule is CC(=O)C(Br)c1cc(OC(F)F)ccc1CC#N. The lowest BCUT2D eigenvalue weighted by Crippen LogP contribution is -2.07. The Bertz CT molecular complexity index is 485. The molecule has 0 fully saturated rings. The molecule has 0 amide bonds. The van der Waals surface area contributed by atoms with Gasteiger partial charge in [-0.25, -0.2) is 0 Å². The number of hydrogen-bond acceptors (Lipinski definition) is 3. The van der Waals surface area contributed by atoms with Gasteiger partial charge < -0.3 is 4.74 Å². The number of rotatable bonds is 5. The highest BCUT2D eigenvalue weighted by atomic mass is 79.9. The molecule has 3 nitrogen and oxygen atoms in total. The van der Waals surface area contributed by atoms with Gasteiger partial charge in [0.1, 0.15) is 11.5 Å². The van der Waals surface area contributed by atoms with Crippen LogP contribution in [0.4, 0.5) is 8.78 Å². The van der Waals surface area contributed by atoms with E-state index in [2.05, 4.69) is 20.7 Å². The van der Waals surface area contributed by atoms with Gasteiger partial charge >= 0.3 is 6.61 Å². The Morgan fingerprint density at radius 3 is 2.72 bits per heavy atom. The Kier molecular flexibility index (Phi) is 5.23. The van der Waals surface area contributed by atoms with Gasteiger partial charge in [0.25, 0.3) is 0 Å². The molecule has 0 heterocycles. The lowest BCUT2D eigenvalue weighted by atomic mass is 10.0. The molecule has 1 rings (SSSR count). The number of benzene rings is 1. The van der Waals surface area contributed by atoms with Gasteiger partial charge in [0.15, 0.2) is 0 Å². The molecule has 1 aromatic rings. The van der Waals surface area contributed by atoms with Crippen LogP contribution in [0.5, 0.6) is 5.75 Å². The number of nitriles is 1. The normalized spacial score (nSPS) is 12.0. The number of ketones is 1. The summed E-state index contributed by atoms with van der Waals surface area (Å²) in [7, 11) is 0. The number of ether oxygens (including phenoxy) is 1. The van der Waals surface area contributed by atoms with E-state index in [-0.39, 0.29) is 18.0 Å². The molecule has 0 aliphatic heterocycles. The molecule has 0 bridgehead atoms. The summed E-state index contributed by atoms with van der Waals surface area (Å²) in [6.07, 6.45) is 0.0969. The third kappa shape index (κ3) is 3.77. The van der Waals surface area contributed by atoms with E-state index in [1.165, 1.54) is 25.1 Å². The minimum atomic E-state index is -2.93. The van der Waals surface area contributed by atoms with Crippen LogP contribution in [0.3, 0.4) is 0 Å². The second kappa shape index (κ2) is 6.45. The first-order valence-electron chi connectivity index (χ1n) is 5.04. The largest absolute Gasteiger partial charge is 0.435 e. The Morgan fingerprint density at radius 1 is 1.56 bits per heavy atom. The molecule has 0 saturated heterocycles. The zero-order valence-electron chi connectivity index (χ0n) is 9.49. The Morgan fingerprint density at radius 2 is 2.22 bits per heavy atom. The van der Waals surface area contributed by atoms with E-state index in [9.17, 15) is 13.6 Å². The topological polar surface area (TPSA) is 50.1 Å². The van der Waals surface area contributed by atoms with Crippen molar-refractivity contribution in [2.24, 2.45) is 0 Å². The Balaban J connectivity index is 3.15. The van der Waals surface area contributed by atoms with Crippen LogP contribution in [0.15, 0.2) is 18.2 Å². The average molecular weight is 318 g/mol. The molecular weight excluding hydrogens is 308 g/mol. The summed E-state index contributed by atoms with van der Waals surface area (Å²) < 4.78 is 28.5. The molecule has 18 heavy (non-hydrogen) atoms. The van der Waals surface area contributed by atoms with Gasteiger partial charge in [-0.05, 0) is 30.2 Å². The maximum Gasteiger partial charge on any atom is 0.387 e. The van der Waals surface area contributed by atoms with Crippen LogP contribution < -0.4 is 4.74 Å². The summed E-state index contributed by atoms with van der Waals surface area (Å²) in [5.41, 5.74) is 1.08. The van der Waals surface area contributed by atoms with E-state index in [0.717, 1.165) is 0 Å². The zero-order chi connectivity index (χ0) is 13.7. The standard InChI is InChI=1S/C12H10BrF2NO2/c1-7(17)11(13)10-6-9(18-12(14)15)3-2-8(10)4-5-16/h2-3,6,11-12H,4H2,1H3. The van der Waals surface area contributed by atoms with Gasteiger partial charge in [0, 0.05) is 0 Å². The number of nitrogens with zero attached hydrogens (tertiary/aromatic N) is 1. The van der Waals surface area contributed by atoms with Crippen molar-refractivity contribution in [3.8, 4) is 11.8 Å². The molecule has 0 aliphatic rings. The second-order valence-corrected chi connectivity index (χ2v) is 4.46. The molecule has 1 unspecified atom stereocenters. The summed E-state index contributed by atoms with van der Waals surface area (Å²) in [4.78, 5) is 10.7. The lowest BCUT2D eigenvalue weighted by molar-refractivity contribution is -0.116. The molecule has 0 spiro atoms. The predicted molar refractivity (Wildman–Crippen MR) is 64.7 cm³/mol. The molecule has 0 radical (unpaired) electrons. The molecule has 96 valence electrons. The van der Waals surface area contributed by atoms with E-state index in [1.807, 2.05) is 6.07 Å². The van der Waals surface area contributed by atoms with Crippen molar-refractivity contribution in [1.82, 2.24) is 0 Å². The van der Waals surface area contributed by atoms with E-state index >= 15 is 0 Å². The van der Waals surface area contributed by atoms with Gasteiger partial charge in [0.05, 0.1) is 17.3 Å². The van der Waals surface area contributed by atoms with Gasteiger partial charge in [-0.3, -0.25) is 4.79 Å². The lowest BCUT2D eigenvalue weighted by Gasteiger charge is -2.13. The molecular formula is C12H10BrF2NO2. The van der Waals surface area contributed by atoms with Gasteiger partial charge in [0.2, 0.25) is 0 Å². The Hall–Kier alpha value is -1.48. The highest BCUT2D eigenvalue weighted by Gasteiger charge is 2.18. The zero-order valence-corrected chi connectivity index (χ0v) is 11.1. The number of halogens is 3. The van der Waals surface area contributed by atoms with Crippen LogP contribution in [-0.2, 0) is 11.2 Å². The summed E-state index contributed by atoms with van der Waals surface area (Å²) in [5.74, 6) is -0.212. The van der Waals surface area contributed by atoms with Crippen molar-refractivity contribution >= 4 is 21.7 Å². The number of Topliss-reactive ketones (excluding diaryl/α,β-unsaturated/α-hetero) is 1. The van der Waals surface area contributed by atoms with Crippen LogP contribution >= 0.6 is 15.9 Å². The van der Waals surface area contributed by atoms with Crippen LogP contribution in [0.2, 0.25) is 0 Å². The number of alkyl halides is 3. The first kappa shape index (κ1) is 14.6. The number of carbonyl (C=O) groups excluding carboxylic acids is 1. The first-order valence-corrected chi connectivity index (χ1v) is 5.96. The van der Waals surface area contributed by atoms with Crippen molar-refractivity contribution in [3.05, 3.63) is 29.3 Å². The van der Waals surface area contributed by atoms with Crippen molar-refractivity contribution in [3.63, 3.8) is 0 Å². The summed E-state index contributed by atoms with van der Waals surface area (Å²) >= 11 is 3.17. The van der Waals surface area contributed by atoms with Gasteiger partial charge in [-0.2, -0.15) is 14.0 Å². The quantitative estimate of drug-likeness (QED) is 0.782. The fourth-order valence-corrected chi connectivity index (χ4v) is 1.88. The highest BCUT2D eigenvalue weighted by Crippen LogP contribution is 2.31. The van der Waals surface area contributed by atoms with E-state index in [4.69, 9.17) is 5.26 Å². The summed E-state index contributed by atoms with van der Waals surface area (Å²) in [5, 5.41) is 8.68. The minimum absolute atomic E-state index is 0.0348. The first-order chi connectivity index (χ1) is 8.45. The van der Waals surface area contributed by atoms with E-state index in [0.29, 0.717) is 11.1 Å². The van der Waals surface area contributed by atoms with Crippen LogP contribution in [0.25, 0.3) is 0 Å². The molecule has 0 N–H and O–H groups in total. The molecule has 0 aromatic heterocycles. The molecule has 6 heteroatoms. The third-order valence-electron chi connectivity index (χ3n) is 2.24. The predicted octanol–water partition coefficient (Wildman–Crippen LogP) is 3.38. The third-order valence-corrected chi connectivity index (χ3v) is 3.38. The highest BCUT2D eigenvalue weighted by molar-refractivity contribution is 9.09. The van der Waals surface area contributed by atoms with Crippen molar-refractivity contribution < 1.29 is 18.3 Å². The molecule has 0 aliphatic carbocycles. The molecule has 1 atom stereocenters.